The van der Waals surface area contributed by atoms with Crippen molar-refractivity contribution in [2.24, 2.45) is 11.3 Å². The van der Waals surface area contributed by atoms with Crippen LogP contribution in [0.25, 0.3) is 10.9 Å². The van der Waals surface area contributed by atoms with Gasteiger partial charge in [0.1, 0.15) is 0 Å². The van der Waals surface area contributed by atoms with Crippen LogP contribution < -0.4 is 5.90 Å². The molecule has 0 aliphatic carbocycles. The molecule has 0 aliphatic heterocycles. The van der Waals surface area contributed by atoms with Crippen molar-refractivity contribution in [3.8, 4) is 0 Å². The number of nitrogens with one attached hydrogen (secondary N) is 1. The summed E-state index contributed by atoms with van der Waals surface area (Å²) in [6, 6.07) is 8.33. The Labute approximate surface area is 95.6 Å². The fourth-order valence-electron chi connectivity index (χ4n) is 2.07. The van der Waals surface area contributed by atoms with Crippen molar-refractivity contribution in [2.45, 2.75) is 20.3 Å². The monoisotopic (exact) mass is 218 g/mol. The van der Waals surface area contributed by atoms with E-state index in [1.54, 1.807) is 0 Å². The lowest BCUT2D eigenvalue weighted by atomic mass is 9.86. The Morgan fingerprint density at radius 3 is 2.81 bits per heavy atom. The summed E-state index contributed by atoms with van der Waals surface area (Å²) in [6.07, 6.45) is 3.02. The summed E-state index contributed by atoms with van der Waals surface area (Å²) in [6.45, 7) is 4.87. The van der Waals surface area contributed by atoms with E-state index in [0.29, 0.717) is 6.61 Å². The third-order valence-corrected chi connectivity index (χ3v) is 2.82. The summed E-state index contributed by atoms with van der Waals surface area (Å²) in [5, 5.41) is 1.28. The van der Waals surface area contributed by atoms with Crippen molar-refractivity contribution in [3.05, 3.63) is 36.0 Å². The summed E-state index contributed by atoms with van der Waals surface area (Å²) in [4.78, 5) is 8.04. The number of nitrogens with two attached hydrogens (primary N) is 1. The number of hydrogen-bond acceptors (Lipinski definition) is 2. The minimum atomic E-state index is 0.0553. The van der Waals surface area contributed by atoms with Gasteiger partial charge in [0.05, 0.1) is 6.61 Å². The van der Waals surface area contributed by atoms with Crippen molar-refractivity contribution >= 4 is 10.9 Å². The standard InChI is InChI=1S/C13H18N2O/c1-13(2,9-16-14)7-10-8-15-12-6-4-3-5-11(10)12/h3-6,8,15H,7,9,14H2,1-2H3. The van der Waals surface area contributed by atoms with Crippen LogP contribution in [0.15, 0.2) is 30.5 Å². The zero-order chi connectivity index (χ0) is 11.6. The highest BCUT2D eigenvalue weighted by Crippen LogP contribution is 2.26. The van der Waals surface area contributed by atoms with Crippen LogP contribution in [0.1, 0.15) is 19.4 Å². The van der Waals surface area contributed by atoms with Crippen LogP contribution in [-0.2, 0) is 11.3 Å². The first-order valence-electron chi connectivity index (χ1n) is 5.49. The lowest BCUT2D eigenvalue weighted by molar-refractivity contribution is 0.0630. The number of aromatic amines is 1. The van der Waals surface area contributed by atoms with E-state index < -0.39 is 0 Å². The van der Waals surface area contributed by atoms with E-state index in [1.165, 1.54) is 16.5 Å². The molecule has 0 aliphatic rings. The van der Waals surface area contributed by atoms with Gasteiger partial charge in [0.15, 0.2) is 0 Å². The number of H-pyrrole nitrogens is 1. The van der Waals surface area contributed by atoms with E-state index >= 15 is 0 Å². The first-order valence-corrected chi connectivity index (χ1v) is 5.49. The van der Waals surface area contributed by atoms with Crippen molar-refractivity contribution in [2.75, 3.05) is 6.61 Å². The third-order valence-electron chi connectivity index (χ3n) is 2.82. The van der Waals surface area contributed by atoms with Gasteiger partial charge in [-0.25, -0.2) is 5.90 Å². The van der Waals surface area contributed by atoms with Gasteiger partial charge in [0, 0.05) is 17.1 Å². The molecule has 0 radical (unpaired) electrons. The highest BCUT2D eigenvalue weighted by molar-refractivity contribution is 5.83. The molecule has 0 atom stereocenters. The second kappa shape index (κ2) is 4.28. The van der Waals surface area contributed by atoms with E-state index in [-0.39, 0.29) is 5.41 Å². The summed E-state index contributed by atoms with van der Waals surface area (Å²) in [7, 11) is 0. The molecule has 2 rings (SSSR count). The molecule has 3 nitrogen and oxygen atoms in total. The highest BCUT2D eigenvalue weighted by atomic mass is 16.6. The van der Waals surface area contributed by atoms with Gasteiger partial charge in [-0.3, -0.25) is 0 Å². The molecule has 0 saturated carbocycles. The second-order valence-electron chi connectivity index (χ2n) is 5.01. The zero-order valence-electron chi connectivity index (χ0n) is 9.79. The first-order chi connectivity index (χ1) is 7.62. The van der Waals surface area contributed by atoms with Crippen LogP contribution in [-0.4, -0.2) is 11.6 Å². The quantitative estimate of drug-likeness (QED) is 0.775. The van der Waals surface area contributed by atoms with Crippen LogP contribution in [0.3, 0.4) is 0 Å². The van der Waals surface area contributed by atoms with E-state index in [4.69, 9.17) is 10.7 Å². The van der Waals surface area contributed by atoms with Gasteiger partial charge in [-0.2, -0.15) is 0 Å². The van der Waals surface area contributed by atoms with Crippen molar-refractivity contribution in [1.82, 2.24) is 4.98 Å². The van der Waals surface area contributed by atoms with Crippen molar-refractivity contribution in [3.63, 3.8) is 0 Å². The van der Waals surface area contributed by atoms with E-state index in [1.807, 2.05) is 6.07 Å². The molecule has 0 bridgehead atoms. The van der Waals surface area contributed by atoms with Gasteiger partial charge in [-0.05, 0) is 23.5 Å². The molecule has 3 N–H and O–H groups in total. The molecule has 1 aromatic carbocycles. The molecule has 1 heterocycles. The third kappa shape index (κ3) is 2.26. The Hall–Kier alpha value is -1.32. The van der Waals surface area contributed by atoms with E-state index in [9.17, 15) is 0 Å². The zero-order valence-corrected chi connectivity index (χ0v) is 9.79. The van der Waals surface area contributed by atoms with E-state index in [0.717, 1.165) is 6.42 Å². The first kappa shape index (κ1) is 11.2. The molecule has 2 aromatic rings. The fraction of sp³-hybridized carbons (Fsp3) is 0.385. The lowest BCUT2D eigenvalue weighted by Crippen LogP contribution is -2.24. The number of rotatable bonds is 4. The Morgan fingerprint density at radius 1 is 1.31 bits per heavy atom. The number of fused-ring (bicyclic) bond motifs is 1. The molecular formula is C13H18N2O. The molecule has 0 spiro atoms. The smallest absolute Gasteiger partial charge is 0.0733 e. The molecule has 86 valence electrons. The Morgan fingerprint density at radius 2 is 2.06 bits per heavy atom. The van der Waals surface area contributed by atoms with Gasteiger partial charge >= 0.3 is 0 Å². The number of aromatic nitrogens is 1. The van der Waals surface area contributed by atoms with Crippen LogP contribution in [0.2, 0.25) is 0 Å². The predicted molar refractivity (Wildman–Crippen MR) is 65.9 cm³/mol. The molecule has 3 heteroatoms. The van der Waals surface area contributed by atoms with E-state index in [2.05, 4.69) is 43.2 Å². The van der Waals surface area contributed by atoms with Gasteiger partial charge in [0.25, 0.3) is 0 Å². The highest BCUT2D eigenvalue weighted by Gasteiger charge is 2.20. The molecule has 0 unspecified atom stereocenters. The minimum Gasteiger partial charge on any atom is -0.361 e. The van der Waals surface area contributed by atoms with Gasteiger partial charge in [-0.1, -0.05) is 32.0 Å². The molecule has 0 fully saturated rings. The molecule has 16 heavy (non-hydrogen) atoms. The Kier molecular flexibility index (Phi) is 2.99. The lowest BCUT2D eigenvalue weighted by Gasteiger charge is -2.22. The van der Waals surface area contributed by atoms with Crippen LogP contribution in [0.4, 0.5) is 0 Å². The number of benzene rings is 1. The minimum absolute atomic E-state index is 0.0553. The Balaban J connectivity index is 2.27. The van der Waals surface area contributed by atoms with Crippen LogP contribution >= 0.6 is 0 Å². The predicted octanol–water partition coefficient (Wildman–Crippen LogP) is 2.63. The Bertz CT molecular complexity index is 473. The summed E-state index contributed by atoms with van der Waals surface area (Å²) >= 11 is 0. The average molecular weight is 218 g/mol. The van der Waals surface area contributed by atoms with Gasteiger partial charge < -0.3 is 9.82 Å². The number of para-hydroxylation sites is 1. The number of hydrogen-bond donors (Lipinski definition) is 2. The molecule has 0 amide bonds. The fourth-order valence-corrected chi connectivity index (χ4v) is 2.07. The topological polar surface area (TPSA) is 51.0 Å². The van der Waals surface area contributed by atoms with Gasteiger partial charge in [0.2, 0.25) is 0 Å². The maximum Gasteiger partial charge on any atom is 0.0733 e. The maximum atomic E-state index is 5.15. The molecule has 0 saturated heterocycles. The normalized spacial score (nSPS) is 12.2. The summed E-state index contributed by atoms with van der Waals surface area (Å²) in [5.41, 5.74) is 2.55. The maximum absolute atomic E-state index is 5.15. The van der Waals surface area contributed by atoms with Gasteiger partial charge in [-0.15, -0.1) is 0 Å². The summed E-state index contributed by atoms with van der Waals surface area (Å²) in [5.74, 6) is 5.15. The second-order valence-corrected chi connectivity index (χ2v) is 5.01. The largest absolute Gasteiger partial charge is 0.361 e. The van der Waals surface area contributed by atoms with Crippen LogP contribution in [0, 0.1) is 5.41 Å². The molecule has 1 aromatic heterocycles. The average Bonchev–Trinajstić information content (AvgIpc) is 2.61. The van der Waals surface area contributed by atoms with Crippen LogP contribution in [0.5, 0.6) is 0 Å². The van der Waals surface area contributed by atoms with Crippen molar-refractivity contribution in [1.29, 1.82) is 0 Å². The molecular weight excluding hydrogens is 200 g/mol. The SMILES string of the molecule is CC(C)(CON)Cc1c[nH]c2ccccc12. The van der Waals surface area contributed by atoms with Crippen molar-refractivity contribution < 1.29 is 4.84 Å². The summed E-state index contributed by atoms with van der Waals surface area (Å²) < 4.78 is 0.